The van der Waals surface area contributed by atoms with Crippen molar-refractivity contribution in [1.29, 1.82) is 0 Å². The molecule has 276 valence electrons. The van der Waals surface area contributed by atoms with Gasteiger partial charge in [-0.2, -0.15) is 0 Å². The highest BCUT2D eigenvalue weighted by atomic mass is 16.3. The molecule has 1 N–H and O–H groups in total. The summed E-state index contributed by atoms with van der Waals surface area (Å²) in [5, 5.41) is 13.1. The van der Waals surface area contributed by atoms with Crippen molar-refractivity contribution in [1.82, 2.24) is 19.1 Å². The Balaban J connectivity index is 1.20. The molecule has 0 aliphatic rings. The molecule has 5 nitrogen and oxygen atoms in total. The first kappa shape index (κ1) is 35.3. The second-order valence-electron chi connectivity index (χ2n) is 17.0. The minimum atomic E-state index is -0.0125. The summed E-state index contributed by atoms with van der Waals surface area (Å²) >= 11 is 0. The summed E-state index contributed by atoms with van der Waals surface area (Å²) in [5.74, 6) is 0.937. The number of phenols is 1. The predicted octanol–water partition coefficient (Wildman–Crippen LogP) is 13.0. The molecule has 3 heterocycles. The number of aromatic nitrogens is 4. The molecular formula is C51H46N4O. The maximum Gasteiger partial charge on any atom is 0.144 e. The number of rotatable bonds is 5. The molecule has 0 saturated carbocycles. The number of imidazole rings is 1. The Morgan fingerprint density at radius 2 is 1.14 bits per heavy atom. The smallest absolute Gasteiger partial charge is 0.144 e. The van der Waals surface area contributed by atoms with Crippen molar-refractivity contribution in [2.24, 2.45) is 7.05 Å². The van der Waals surface area contributed by atoms with Crippen LogP contribution in [0.15, 0.2) is 146 Å². The third-order valence-electron chi connectivity index (χ3n) is 11.2. The van der Waals surface area contributed by atoms with E-state index < -0.39 is 0 Å². The molecule has 0 saturated heterocycles. The SMILES string of the molecule is Cn1c(-c2ccccc2O)nc2c(-c3cccc(-c4cc(-c5cccc6c7ccccc7n(-c7cc(C(C)(C)C)cc(C(C)(C)C)c7)c56)ccn4)c3)cccc21. The number of para-hydroxylation sites is 4. The molecule has 0 aliphatic heterocycles. The number of hydrogen-bond donors (Lipinski definition) is 1. The van der Waals surface area contributed by atoms with E-state index in [1.54, 1.807) is 6.07 Å². The van der Waals surface area contributed by atoms with Gasteiger partial charge in [0, 0.05) is 46.4 Å². The molecule has 6 aromatic carbocycles. The van der Waals surface area contributed by atoms with Crippen LogP contribution in [0, 0.1) is 0 Å². The number of nitrogens with zero attached hydrogens (tertiary/aromatic N) is 4. The zero-order valence-electron chi connectivity index (χ0n) is 33.1. The van der Waals surface area contributed by atoms with Gasteiger partial charge in [0.15, 0.2) is 0 Å². The zero-order valence-corrected chi connectivity index (χ0v) is 33.1. The molecule has 0 fully saturated rings. The van der Waals surface area contributed by atoms with E-state index in [0.29, 0.717) is 5.56 Å². The van der Waals surface area contributed by atoms with Crippen LogP contribution in [0.5, 0.6) is 5.75 Å². The molecule has 5 heteroatoms. The summed E-state index contributed by atoms with van der Waals surface area (Å²) in [7, 11) is 2.00. The van der Waals surface area contributed by atoms with E-state index in [-0.39, 0.29) is 16.6 Å². The van der Waals surface area contributed by atoms with Crippen molar-refractivity contribution < 1.29 is 5.11 Å². The summed E-state index contributed by atoms with van der Waals surface area (Å²) < 4.78 is 4.52. The van der Waals surface area contributed by atoms with Gasteiger partial charge in [0.1, 0.15) is 11.6 Å². The van der Waals surface area contributed by atoms with Gasteiger partial charge >= 0.3 is 0 Å². The summed E-state index contributed by atoms with van der Waals surface area (Å²) in [6, 6.07) is 49.2. The minimum absolute atomic E-state index is 0.0125. The topological polar surface area (TPSA) is 55.9 Å². The average molecular weight is 731 g/mol. The number of benzene rings is 6. The fourth-order valence-electron chi connectivity index (χ4n) is 8.08. The number of pyridine rings is 1. The molecule has 3 aromatic heterocycles. The first-order valence-corrected chi connectivity index (χ1v) is 19.4. The van der Waals surface area contributed by atoms with Crippen LogP contribution in [-0.2, 0) is 17.9 Å². The minimum Gasteiger partial charge on any atom is -0.507 e. The average Bonchev–Trinajstić information content (AvgIpc) is 3.72. The second-order valence-corrected chi connectivity index (χ2v) is 17.0. The van der Waals surface area contributed by atoms with Crippen molar-refractivity contribution in [2.45, 2.75) is 52.4 Å². The van der Waals surface area contributed by atoms with Crippen LogP contribution in [-0.4, -0.2) is 24.2 Å². The third kappa shape index (κ3) is 5.95. The van der Waals surface area contributed by atoms with Gasteiger partial charge in [0.25, 0.3) is 0 Å². The Morgan fingerprint density at radius 3 is 1.91 bits per heavy atom. The van der Waals surface area contributed by atoms with Gasteiger partial charge in [0.05, 0.1) is 33.3 Å². The van der Waals surface area contributed by atoms with Crippen LogP contribution in [0.25, 0.3) is 83.4 Å². The Hall–Kier alpha value is -6.46. The molecule has 0 bridgehead atoms. The molecule has 0 radical (unpaired) electrons. The monoisotopic (exact) mass is 730 g/mol. The van der Waals surface area contributed by atoms with Gasteiger partial charge in [-0.1, -0.05) is 126 Å². The maximum atomic E-state index is 10.7. The van der Waals surface area contributed by atoms with Gasteiger partial charge in [-0.25, -0.2) is 4.98 Å². The van der Waals surface area contributed by atoms with Crippen molar-refractivity contribution >= 4 is 32.8 Å². The normalized spacial score (nSPS) is 12.3. The lowest BCUT2D eigenvalue weighted by molar-refractivity contribution is 0.476. The number of phenolic OH excluding ortho intramolecular Hbond substituents is 1. The number of aromatic hydroxyl groups is 1. The first-order chi connectivity index (χ1) is 26.9. The molecule has 0 amide bonds. The van der Waals surface area contributed by atoms with E-state index in [1.165, 1.54) is 38.6 Å². The molecule has 0 aliphatic carbocycles. The third-order valence-corrected chi connectivity index (χ3v) is 11.2. The molecular weight excluding hydrogens is 685 g/mol. The fourth-order valence-corrected chi connectivity index (χ4v) is 8.08. The van der Waals surface area contributed by atoms with E-state index in [1.807, 2.05) is 36.0 Å². The van der Waals surface area contributed by atoms with E-state index in [0.717, 1.165) is 50.4 Å². The summed E-state index contributed by atoms with van der Waals surface area (Å²) in [6.07, 6.45) is 1.93. The lowest BCUT2D eigenvalue weighted by atomic mass is 9.80. The molecule has 56 heavy (non-hydrogen) atoms. The van der Waals surface area contributed by atoms with Crippen LogP contribution < -0.4 is 0 Å². The second kappa shape index (κ2) is 13.1. The van der Waals surface area contributed by atoms with Crippen LogP contribution >= 0.6 is 0 Å². The lowest BCUT2D eigenvalue weighted by Gasteiger charge is -2.27. The molecule has 0 atom stereocenters. The zero-order chi connectivity index (χ0) is 38.9. The van der Waals surface area contributed by atoms with Crippen molar-refractivity contribution in [2.75, 3.05) is 0 Å². The summed E-state index contributed by atoms with van der Waals surface area (Å²) in [6.45, 7) is 13.8. The largest absolute Gasteiger partial charge is 0.507 e. The predicted molar refractivity (Wildman–Crippen MR) is 234 cm³/mol. The van der Waals surface area contributed by atoms with Crippen LogP contribution in [0.4, 0.5) is 0 Å². The van der Waals surface area contributed by atoms with Crippen molar-refractivity contribution in [3.63, 3.8) is 0 Å². The molecule has 9 aromatic rings. The van der Waals surface area contributed by atoms with Gasteiger partial charge in [-0.05, 0) is 87.7 Å². The van der Waals surface area contributed by atoms with Crippen LogP contribution in [0.1, 0.15) is 52.7 Å². The standard InChI is InChI=1S/C51H46N4O/c1-50(2,3)35-29-36(51(4,5)6)31-37(30-35)55-44-22-10-8-17-40(44)41-21-13-20-39(48(41)55)33-25-26-52-43(28-33)34-16-12-15-32(27-34)38-19-14-23-45-47(38)53-49(54(45)7)42-18-9-11-24-46(42)56/h8-31,56H,1-7H3. The first-order valence-electron chi connectivity index (χ1n) is 19.4. The summed E-state index contributed by atoms with van der Waals surface area (Å²) in [4.78, 5) is 10.0. The number of fused-ring (bicyclic) bond motifs is 4. The highest BCUT2D eigenvalue weighted by molar-refractivity contribution is 6.14. The summed E-state index contributed by atoms with van der Waals surface area (Å²) in [5.41, 5.74) is 15.0. The Kier molecular flexibility index (Phi) is 8.24. The Labute approximate surface area is 328 Å². The number of aryl methyl sites for hydroxylation is 1. The maximum absolute atomic E-state index is 10.7. The van der Waals surface area contributed by atoms with Crippen LogP contribution in [0.3, 0.4) is 0 Å². The Bertz CT molecular complexity index is 2940. The van der Waals surface area contributed by atoms with Gasteiger partial charge < -0.3 is 14.2 Å². The highest BCUT2D eigenvalue weighted by Gasteiger charge is 2.24. The van der Waals surface area contributed by atoms with Gasteiger partial charge in [0.2, 0.25) is 0 Å². The van der Waals surface area contributed by atoms with Gasteiger partial charge in [-0.3, -0.25) is 4.98 Å². The fraction of sp³-hybridized carbons (Fsp3) is 0.176. The highest BCUT2D eigenvalue weighted by Crippen LogP contribution is 2.41. The van der Waals surface area contributed by atoms with Crippen LogP contribution in [0.2, 0.25) is 0 Å². The molecule has 9 rings (SSSR count). The lowest BCUT2D eigenvalue weighted by Crippen LogP contribution is -2.17. The van der Waals surface area contributed by atoms with E-state index in [4.69, 9.17) is 9.97 Å². The quantitative estimate of drug-likeness (QED) is 0.192. The van der Waals surface area contributed by atoms with E-state index in [2.05, 4.69) is 161 Å². The number of hydrogen-bond acceptors (Lipinski definition) is 3. The van der Waals surface area contributed by atoms with Crippen molar-refractivity contribution in [3.8, 4) is 56.3 Å². The van der Waals surface area contributed by atoms with Crippen molar-refractivity contribution in [3.05, 3.63) is 157 Å². The molecule has 0 spiro atoms. The van der Waals surface area contributed by atoms with E-state index in [9.17, 15) is 5.11 Å². The van der Waals surface area contributed by atoms with Gasteiger partial charge in [-0.15, -0.1) is 0 Å². The van der Waals surface area contributed by atoms with E-state index >= 15 is 0 Å². The molecule has 0 unspecified atom stereocenters. The Morgan fingerprint density at radius 1 is 0.536 bits per heavy atom.